The summed E-state index contributed by atoms with van der Waals surface area (Å²) in [6, 6.07) is 6.55. The first-order chi connectivity index (χ1) is 5.91. The fraction of sp³-hybridized carbons (Fsp3) is 0.222. The van der Waals surface area contributed by atoms with Gasteiger partial charge in [-0.3, -0.25) is 4.79 Å². The molecule has 0 atom stereocenters. The average Bonchev–Trinajstić information content (AvgIpc) is 2.01. The van der Waals surface area contributed by atoms with Crippen LogP contribution in [0.15, 0.2) is 24.3 Å². The molecule has 1 aromatic rings. The summed E-state index contributed by atoms with van der Waals surface area (Å²) in [7, 11) is 0. The molecule has 2 N–H and O–H groups in total. The van der Waals surface area contributed by atoms with Crippen LogP contribution in [0.1, 0.15) is 17.3 Å². The number of benzene rings is 1. The predicted octanol–water partition coefficient (Wildman–Crippen LogP) is 2.65. The van der Waals surface area contributed by atoms with Crippen LogP contribution < -0.4 is 5.73 Å². The van der Waals surface area contributed by atoms with Crippen LogP contribution in [-0.2, 0) is 0 Å². The first-order valence-electron chi connectivity index (χ1n) is 3.69. The van der Waals surface area contributed by atoms with Crippen molar-refractivity contribution in [2.24, 2.45) is 0 Å². The van der Waals surface area contributed by atoms with E-state index in [0.717, 1.165) is 0 Å². The smallest absolute Gasteiger partial charge is 0.198 e. The maximum atomic E-state index is 11.5. The number of hydrogen-bond acceptors (Lipinski definition) is 2. The van der Waals surface area contributed by atoms with Crippen molar-refractivity contribution in [2.75, 3.05) is 5.73 Å². The van der Waals surface area contributed by atoms with E-state index in [2.05, 4.69) is 0 Å². The summed E-state index contributed by atoms with van der Waals surface area (Å²) in [4.78, 5) is 11.5. The van der Waals surface area contributed by atoms with Gasteiger partial charge in [-0.1, -0.05) is 35.3 Å². The Kier molecular flexibility index (Phi) is 2.84. The van der Waals surface area contributed by atoms with Crippen molar-refractivity contribution in [3.05, 3.63) is 29.8 Å². The molecule has 0 unspecified atom stereocenters. The molecule has 0 fully saturated rings. The second kappa shape index (κ2) is 3.56. The Bertz CT molecular complexity index is 331. The van der Waals surface area contributed by atoms with Crippen LogP contribution in [0.3, 0.4) is 0 Å². The van der Waals surface area contributed by atoms with E-state index in [0.29, 0.717) is 11.3 Å². The molecule has 0 aromatic heterocycles. The highest BCUT2D eigenvalue weighted by molar-refractivity contribution is 6.59. The second-order valence-corrected chi connectivity index (χ2v) is 4.55. The molecule has 4 heteroatoms. The van der Waals surface area contributed by atoms with Gasteiger partial charge in [-0.05, 0) is 19.1 Å². The minimum Gasteiger partial charge on any atom is -0.399 e. The molecule has 13 heavy (non-hydrogen) atoms. The van der Waals surface area contributed by atoms with E-state index in [1.165, 1.54) is 6.92 Å². The van der Waals surface area contributed by atoms with Crippen LogP contribution in [0.5, 0.6) is 0 Å². The molecule has 0 aliphatic rings. The maximum Gasteiger partial charge on any atom is 0.198 e. The third kappa shape index (κ3) is 2.61. The van der Waals surface area contributed by atoms with E-state index in [-0.39, 0.29) is 5.78 Å². The number of hydrogen-bond donors (Lipinski definition) is 1. The van der Waals surface area contributed by atoms with Gasteiger partial charge in [0.2, 0.25) is 0 Å². The van der Waals surface area contributed by atoms with Crippen LogP contribution >= 0.6 is 23.2 Å². The van der Waals surface area contributed by atoms with E-state index >= 15 is 0 Å². The van der Waals surface area contributed by atoms with Crippen molar-refractivity contribution in [3.63, 3.8) is 0 Å². The van der Waals surface area contributed by atoms with Gasteiger partial charge >= 0.3 is 0 Å². The molecule has 0 radical (unpaired) electrons. The lowest BCUT2D eigenvalue weighted by Gasteiger charge is -2.11. The molecule has 0 amide bonds. The molecule has 2 nitrogen and oxygen atoms in total. The van der Waals surface area contributed by atoms with Crippen molar-refractivity contribution in [3.8, 4) is 0 Å². The van der Waals surface area contributed by atoms with Gasteiger partial charge in [0.15, 0.2) is 10.1 Å². The van der Waals surface area contributed by atoms with Crippen molar-refractivity contribution in [1.82, 2.24) is 0 Å². The number of carbonyl (C=O) groups excluding carboxylic acids is 1. The first-order valence-corrected chi connectivity index (χ1v) is 4.45. The van der Waals surface area contributed by atoms with Gasteiger partial charge in [-0.15, -0.1) is 0 Å². The normalized spacial score (nSPS) is 11.3. The number of rotatable bonds is 2. The highest BCUT2D eigenvalue weighted by Gasteiger charge is 2.28. The molecule has 0 heterocycles. The average molecular weight is 218 g/mol. The Balaban J connectivity index is 3.03. The Morgan fingerprint density at radius 3 is 2.54 bits per heavy atom. The molecule has 0 aliphatic carbocycles. The van der Waals surface area contributed by atoms with Crippen LogP contribution in [-0.4, -0.2) is 10.1 Å². The number of carbonyl (C=O) groups is 1. The van der Waals surface area contributed by atoms with Crippen LogP contribution in [0, 0.1) is 0 Å². The molecule has 0 aliphatic heterocycles. The van der Waals surface area contributed by atoms with E-state index in [9.17, 15) is 4.79 Å². The van der Waals surface area contributed by atoms with Crippen LogP contribution in [0.25, 0.3) is 0 Å². The zero-order chi connectivity index (χ0) is 10.1. The van der Waals surface area contributed by atoms with Gasteiger partial charge in [0, 0.05) is 11.3 Å². The molecular formula is C9H9Cl2NO. The molecule has 0 saturated carbocycles. The van der Waals surface area contributed by atoms with Gasteiger partial charge < -0.3 is 5.73 Å². The van der Waals surface area contributed by atoms with Crippen LogP contribution in [0.4, 0.5) is 5.69 Å². The summed E-state index contributed by atoms with van der Waals surface area (Å²) in [5.74, 6) is -0.344. The van der Waals surface area contributed by atoms with Crippen LogP contribution in [0.2, 0.25) is 0 Å². The number of anilines is 1. The fourth-order valence-electron chi connectivity index (χ4n) is 0.933. The second-order valence-electron chi connectivity index (χ2n) is 2.84. The van der Waals surface area contributed by atoms with Crippen molar-refractivity contribution >= 4 is 34.7 Å². The Labute approximate surface area is 86.6 Å². The number of Topliss-reactive ketones (excluding diaryl/α,β-unsaturated/α-hetero) is 1. The fourth-order valence-corrected chi connectivity index (χ4v) is 1.15. The summed E-state index contributed by atoms with van der Waals surface area (Å²) in [5, 5.41) is 0. The van der Waals surface area contributed by atoms with E-state index in [4.69, 9.17) is 28.9 Å². The molecule has 0 spiro atoms. The first kappa shape index (κ1) is 10.4. The quantitative estimate of drug-likeness (QED) is 0.471. The Hall–Kier alpha value is -0.730. The molecule has 0 bridgehead atoms. The van der Waals surface area contributed by atoms with Gasteiger partial charge in [-0.25, -0.2) is 0 Å². The highest BCUT2D eigenvalue weighted by atomic mass is 35.5. The SMILES string of the molecule is CC(Cl)(Cl)C(=O)c1cccc(N)c1. The summed E-state index contributed by atoms with van der Waals surface area (Å²) in [5.41, 5.74) is 6.44. The lowest BCUT2D eigenvalue weighted by atomic mass is 10.1. The maximum absolute atomic E-state index is 11.5. The number of nitrogens with two attached hydrogens (primary N) is 1. The monoisotopic (exact) mass is 217 g/mol. The highest BCUT2D eigenvalue weighted by Crippen LogP contribution is 2.25. The predicted molar refractivity (Wildman–Crippen MR) is 55.3 cm³/mol. The van der Waals surface area contributed by atoms with Gasteiger partial charge in [-0.2, -0.15) is 0 Å². The summed E-state index contributed by atoms with van der Waals surface area (Å²) in [6.07, 6.45) is 0. The number of ketones is 1. The Morgan fingerprint density at radius 1 is 1.46 bits per heavy atom. The minimum atomic E-state index is -1.40. The molecule has 70 valence electrons. The van der Waals surface area contributed by atoms with E-state index in [1.807, 2.05) is 0 Å². The topological polar surface area (TPSA) is 43.1 Å². The Morgan fingerprint density at radius 2 is 2.08 bits per heavy atom. The van der Waals surface area contributed by atoms with E-state index < -0.39 is 4.33 Å². The van der Waals surface area contributed by atoms with Crippen molar-refractivity contribution in [2.45, 2.75) is 11.3 Å². The lowest BCUT2D eigenvalue weighted by Crippen LogP contribution is -2.21. The standard InChI is InChI=1S/C9H9Cl2NO/c1-9(10,11)8(13)6-3-2-4-7(12)5-6/h2-5H,12H2,1H3. The van der Waals surface area contributed by atoms with E-state index in [1.54, 1.807) is 24.3 Å². The largest absolute Gasteiger partial charge is 0.399 e. The number of halogens is 2. The third-order valence-corrected chi connectivity index (χ3v) is 1.89. The number of alkyl halides is 2. The van der Waals surface area contributed by atoms with Gasteiger partial charge in [0.25, 0.3) is 0 Å². The number of nitrogen functional groups attached to an aromatic ring is 1. The molecule has 1 aromatic carbocycles. The zero-order valence-electron chi connectivity index (χ0n) is 7.05. The lowest BCUT2D eigenvalue weighted by molar-refractivity contribution is 0.0978. The van der Waals surface area contributed by atoms with Gasteiger partial charge in [0.1, 0.15) is 0 Å². The third-order valence-electron chi connectivity index (χ3n) is 1.55. The summed E-state index contributed by atoms with van der Waals surface area (Å²) >= 11 is 11.3. The molecule has 1 rings (SSSR count). The molecule has 0 saturated heterocycles. The van der Waals surface area contributed by atoms with Crippen molar-refractivity contribution in [1.29, 1.82) is 0 Å². The zero-order valence-corrected chi connectivity index (χ0v) is 8.56. The minimum absolute atomic E-state index is 0.344. The summed E-state index contributed by atoms with van der Waals surface area (Å²) < 4.78 is -1.40. The van der Waals surface area contributed by atoms with Gasteiger partial charge in [0.05, 0.1) is 0 Å². The summed E-state index contributed by atoms with van der Waals surface area (Å²) in [6.45, 7) is 1.43. The molecular weight excluding hydrogens is 209 g/mol. The van der Waals surface area contributed by atoms with Crippen molar-refractivity contribution < 1.29 is 4.79 Å².